The number of carbonyl (C=O) groups is 1. The van der Waals surface area contributed by atoms with E-state index in [-0.39, 0.29) is 31.3 Å². The molecular weight excluding hydrogens is 394 g/mol. The number of aromatic nitrogens is 1. The fourth-order valence-electron chi connectivity index (χ4n) is 4.02. The molecule has 2 atom stereocenters. The number of anilines is 1. The van der Waals surface area contributed by atoms with Gasteiger partial charge in [0.25, 0.3) is 0 Å². The smallest absolute Gasteiger partial charge is 0.407 e. The van der Waals surface area contributed by atoms with Crippen LogP contribution in [0.25, 0.3) is 11.1 Å². The summed E-state index contributed by atoms with van der Waals surface area (Å²) in [5.74, 6) is 0.151. The highest BCUT2D eigenvalue weighted by Gasteiger charge is 2.29. The molecule has 2 unspecified atom stereocenters. The van der Waals surface area contributed by atoms with Crippen LogP contribution in [0.2, 0.25) is 0 Å². The number of carbonyl (C=O) groups excluding carboxylic acids is 1. The van der Waals surface area contributed by atoms with E-state index in [9.17, 15) is 15.0 Å². The third-order valence-electron chi connectivity index (χ3n) is 5.61. The van der Waals surface area contributed by atoms with Crippen LogP contribution in [0.3, 0.4) is 0 Å². The van der Waals surface area contributed by atoms with Crippen LogP contribution in [0.4, 0.5) is 10.6 Å². The Labute approximate surface area is 180 Å². The number of pyridine rings is 1. The Hall–Kier alpha value is -3.42. The van der Waals surface area contributed by atoms with Gasteiger partial charge >= 0.3 is 6.09 Å². The number of nitrogens with one attached hydrogen (secondary N) is 1. The summed E-state index contributed by atoms with van der Waals surface area (Å²) in [5, 5.41) is 23.1. The molecule has 7 nitrogen and oxygen atoms in total. The van der Waals surface area contributed by atoms with Gasteiger partial charge < -0.3 is 26.0 Å². The molecule has 1 aromatic heterocycles. The van der Waals surface area contributed by atoms with Gasteiger partial charge in [-0.25, -0.2) is 9.78 Å². The largest absolute Gasteiger partial charge is 0.449 e. The Balaban J connectivity index is 1.29. The Bertz CT molecular complexity index is 1030. The van der Waals surface area contributed by atoms with Crippen molar-refractivity contribution < 1.29 is 19.7 Å². The molecule has 5 N–H and O–H groups in total. The van der Waals surface area contributed by atoms with E-state index in [1.165, 1.54) is 17.3 Å². The molecule has 1 aliphatic rings. The summed E-state index contributed by atoms with van der Waals surface area (Å²) in [6, 6.07) is 19.5. The average Bonchev–Trinajstić information content (AvgIpc) is 3.11. The molecule has 0 saturated heterocycles. The number of fused-ring (bicyclic) bond motifs is 3. The number of nitrogens with two attached hydrogens (primary N) is 1. The molecule has 1 amide bonds. The molecule has 0 bridgehead atoms. The van der Waals surface area contributed by atoms with Gasteiger partial charge in [-0.15, -0.1) is 0 Å². The summed E-state index contributed by atoms with van der Waals surface area (Å²) in [4.78, 5) is 16.1. The van der Waals surface area contributed by atoms with Gasteiger partial charge in [-0.1, -0.05) is 54.6 Å². The maximum Gasteiger partial charge on any atom is 0.407 e. The third kappa shape index (κ3) is 4.38. The summed E-state index contributed by atoms with van der Waals surface area (Å²) in [7, 11) is 0. The van der Waals surface area contributed by atoms with Crippen molar-refractivity contribution in [1.29, 1.82) is 0 Å². The van der Waals surface area contributed by atoms with Gasteiger partial charge in [-0.05, 0) is 34.7 Å². The number of rotatable bonds is 7. The summed E-state index contributed by atoms with van der Waals surface area (Å²) in [6.45, 7) is 0.367. The average molecular weight is 419 g/mol. The lowest BCUT2D eigenvalue weighted by atomic mass is 9.98. The predicted octanol–water partition coefficient (Wildman–Crippen LogP) is 2.99. The standard InChI is InChI=1S/C24H25N3O4/c25-23-19(10-5-12-26-23)22(29)21(28)11-13-27-24(30)31-14-20-17-8-3-1-6-15(17)16-7-2-4-9-18(16)20/h1-10,12,20-22,28-29H,11,13-14H2,(H2,25,26)(H,27,30). The maximum atomic E-state index is 12.2. The zero-order chi connectivity index (χ0) is 21.8. The van der Waals surface area contributed by atoms with E-state index in [4.69, 9.17) is 10.5 Å². The molecule has 0 aliphatic heterocycles. The SMILES string of the molecule is Nc1ncccc1C(O)C(O)CCNC(=O)OCC1c2ccccc2-c2ccccc21. The van der Waals surface area contributed by atoms with E-state index in [1.807, 2.05) is 24.3 Å². The third-order valence-corrected chi connectivity index (χ3v) is 5.61. The summed E-state index contributed by atoms with van der Waals surface area (Å²) < 4.78 is 5.46. The number of hydrogen-bond donors (Lipinski definition) is 4. The fraction of sp³-hybridized carbons (Fsp3) is 0.250. The normalized spacial score (nSPS) is 14.4. The number of hydrogen-bond acceptors (Lipinski definition) is 6. The second-order valence-corrected chi connectivity index (χ2v) is 7.53. The molecule has 4 rings (SSSR count). The lowest BCUT2D eigenvalue weighted by Gasteiger charge is -2.19. The number of ether oxygens (including phenoxy) is 1. The van der Waals surface area contributed by atoms with E-state index < -0.39 is 18.3 Å². The van der Waals surface area contributed by atoms with Crippen LogP contribution in [0.5, 0.6) is 0 Å². The first-order valence-corrected chi connectivity index (χ1v) is 10.2. The number of aliphatic hydroxyl groups is 2. The first-order valence-electron chi connectivity index (χ1n) is 10.2. The van der Waals surface area contributed by atoms with Gasteiger partial charge in [0, 0.05) is 24.2 Å². The number of nitrogen functional groups attached to an aromatic ring is 1. The van der Waals surface area contributed by atoms with Crippen molar-refractivity contribution >= 4 is 11.9 Å². The molecule has 0 saturated carbocycles. The Morgan fingerprint density at radius 2 is 1.68 bits per heavy atom. The van der Waals surface area contributed by atoms with Crippen LogP contribution >= 0.6 is 0 Å². The van der Waals surface area contributed by atoms with Gasteiger partial charge in [0.1, 0.15) is 18.5 Å². The van der Waals surface area contributed by atoms with Crippen molar-refractivity contribution in [2.24, 2.45) is 0 Å². The molecular formula is C24H25N3O4. The van der Waals surface area contributed by atoms with E-state index >= 15 is 0 Å². The maximum absolute atomic E-state index is 12.2. The van der Waals surface area contributed by atoms with E-state index in [0.29, 0.717) is 5.56 Å². The monoisotopic (exact) mass is 419 g/mol. The van der Waals surface area contributed by atoms with Crippen LogP contribution in [0.1, 0.15) is 35.1 Å². The van der Waals surface area contributed by atoms with Gasteiger partial charge in [0.05, 0.1) is 6.10 Å². The van der Waals surface area contributed by atoms with Crippen molar-refractivity contribution in [2.45, 2.75) is 24.5 Å². The minimum atomic E-state index is -1.18. The van der Waals surface area contributed by atoms with Gasteiger partial charge in [0.2, 0.25) is 0 Å². The first kappa shape index (κ1) is 20.8. The minimum absolute atomic E-state index is 0.0147. The van der Waals surface area contributed by atoms with E-state index in [2.05, 4.69) is 34.6 Å². The molecule has 1 heterocycles. The highest BCUT2D eigenvalue weighted by molar-refractivity contribution is 5.79. The fourth-order valence-corrected chi connectivity index (χ4v) is 4.02. The van der Waals surface area contributed by atoms with Crippen LogP contribution in [0.15, 0.2) is 66.9 Å². The van der Waals surface area contributed by atoms with Crippen LogP contribution in [-0.4, -0.2) is 40.5 Å². The molecule has 160 valence electrons. The van der Waals surface area contributed by atoms with Crippen molar-refractivity contribution in [3.63, 3.8) is 0 Å². The first-order chi connectivity index (χ1) is 15.1. The highest BCUT2D eigenvalue weighted by atomic mass is 16.5. The molecule has 0 fully saturated rings. The molecule has 3 aromatic rings. The lowest BCUT2D eigenvalue weighted by molar-refractivity contribution is 0.0139. The molecule has 1 aliphatic carbocycles. The molecule has 7 heteroatoms. The van der Waals surface area contributed by atoms with Gasteiger partial charge in [-0.2, -0.15) is 0 Å². The van der Waals surface area contributed by atoms with Crippen molar-refractivity contribution in [2.75, 3.05) is 18.9 Å². The van der Waals surface area contributed by atoms with Crippen LogP contribution in [0, 0.1) is 0 Å². The highest BCUT2D eigenvalue weighted by Crippen LogP contribution is 2.44. The molecule has 0 radical (unpaired) electrons. The second-order valence-electron chi connectivity index (χ2n) is 7.53. The Kier molecular flexibility index (Phi) is 6.16. The minimum Gasteiger partial charge on any atom is -0.449 e. The number of benzene rings is 2. The zero-order valence-corrected chi connectivity index (χ0v) is 16.9. The Morgan fingerprint density at radius 3 is 2.32 bits per heavy atom. The van der Waals surface area contributed by atoms with Crippen LogP contribution in [-0.2, 0) is 4.74 Å². The molecule has 0 spiro atoms. The lowest BCUT2D eigenvalue weighted by Crippen LogP contribution is -2.31. The van der Waals surface area contributed by atoms with Gasteiger partial charge in [-0.3, -0.25) is 0 Å². The summed E-state index contributed by atoms with van der Waals surface area (Å²) in [6.07, 6.45) is -1.20. The second kappa shape index (κ2) is 9.16. The number of nitrogens with zero attached hydrogens (tertiary/aromatic N) is 1. The zero-order valence-electron chi connectivity index (χ0n) is 16.9. The van der Waals surface area contributed by atoms with Crippen molar-refractivity contribution in [1.82, 2.24) is 10.3 Å². The molecule has 2 aromatic carbocycles. The number of aliphatic hydroxyl groups excluding tert-OH is 2. The predicted molar refractivity (Wildman–Crippen MR) is 117 cm³/mol. The van der Waals surface area contributed by atoms with E-state index in [0.717, 1.165) is 11.1 Å². The quantitative estimate of drug-likeness (QED) is 0.468. The van der Waals surface area contributed by atoms with Crippen LogP contribution < -0.4 is 11.1 Å². The summed E-state index contributed by atoms with van der Waals surface area (Å²) >= 11 is 0. The van der Waals surface area contributed by atoms with Crippen molar-refractivity contribution in [3.8, 4) is 11.1 Å². The Morgan fingerprint density at radius 1 is 1.03 bits per heavy atom. The van der Waals surface area contributed by atoms with Crippen molar-refractivity contribution in [3.05, 3.63) is 83.6 Å². The molecule has 31 heavy (non-hydrogen) atoms. The van der Waals surface area contributed by atoms with E-state index in [1.54, 1.807) is 12.1 Å². The topological polar surface area (TPSA) is 118 Å². The van der Waals surface area contributed by atoms with Gasteiger partial charge in [0.15, 0.2) is 0 Å². The summed E-state index contributed by atoms with van der Waals surface area (Å²) in [5.41, 5.74) is 10.7. The number of amides is 1. The number of alkyl carbamates (subject to hydrolysis) is 1.